The van der Waals surface area contributed by atoms with Gasteiger partial charge in [0, 0.05) is 45.3 Å². The molecule has 1 aliphatic rings. The first-order valence-electron chi connectivity index (χ1n) is 11.8. The fourth-order valence-corrected chi connectivity index (χ4v) is 5.33. The number of aromatic amines is 2. The van der Waals surface area contributed by atoms with Crippen molar-refractivity contribution < 1.29 is 4.74 Å². The first-order valence-corrected chi connectivity index (χ1v) is 11.8. The van der Waals surface area contributed by atoms with Crippen LogP contribution in [0.3, 0.4) is 0 Å². The second kappa shape index (κ2) is 8.13. The smallest absolute Gasteiger partial charge is 0.119 e. The highest BCUT2D eigenvalue weighted by molar-refractivity contribution is 5.92. The van der Waals surface area contributed by atoms with Gasteiger partial charge < -0.3 is 20.0 Å². The van der Waals surface area contributed by atoms with Crippen molar-refractivity contribution in [1.29, 1.82) is 0 Å². The van der Waals surface area contributed by atoms with E-state index in [4.69, 9.17) is 4.74 Å². The monoisotopic (exact) mass is 435 g/mol. The maximum absolute atomic E-state index is 5.39. The number of nitrogens with one attached hydrogen (secondary N) is 3. The summed E-state index contributed by atoms with van der Waals surface area (Å²) in [6, 6.07) is 26.5. The largest absolute Gasteiger partial charge is 0.497 e. The summed E-state index contributed by atoms with van der Waals surface area (Å²) in [5.41, 5.74) is 8.86. The highest BCUT2D eigenvalue weighted by atomic mass is 16.5. The van der Waals surface area contributed by atoms with Crippen molar-refractivity contribution in [3.05, 3.63) is 89.6 Å². The lowest BCUT2D eigenvalue weighted by molar-refractivity contribution is 0.410. The van der Waals surface area contributed by atoms with Crippen LogP contribution in [0.15, 0.2) is 72.8 Å². The summed E-state index contributed by atoms with van der Waals surface area (Å²) in [4.78, 5) is 7.33. The van der Waals surface area contributed by atoms with Gasteiger partial charge in [-0.05, 0) is 79.3 Å². The predicted octanol–water partition coefficient (Wildman–Crippen LogP) is 7.05. The Bertz CT molecular complexity index is 1430. The fraction of sp³-hybridized carbons (Fsp3) is 0.241. The normalized spacial score (nSPS) is 16.7. The predicted molar refractivity (Wildman–Crippen MR) is 136 cm³/mol. The molecule has 1 aliphatic carbocycles. The van der Waals surface area contributed by atoms with E-state index < -0.39 is 0 Å². The van der Waals surface area contributed by atoms with Crippen molar-refractivity contribution in [2.75, 3.05) is 7.11 Å². The summed E-state index contributed by atoms with van der Waals surface area (Å²) in [7, 11) is 1.71. The van der Waals surface area contributed by atoms with E-state index in [0.29, 0.717) is 12.1 Å². The van der Waals surface area contributed by atoms with Crippen LogP contribution in [0.25, 0.3) is 33.1 Å². The summed E-state index contributed by atoms with van der Waals surface area (Å²) in [5.74, 6) is 0.881. The maximum atomic E-state index is 5.39. The standard InChI is InChI=1S/C29H29N3O/c1-18(19-7-4-3-5-8-19)30-27-10-6-9-23-24-16-20(11-13-26(24)32-29(23)27)28-17-21-15-22(33-2)12-14-25(21)31-28/h3-5,7-8,11-18,27,30-32H,6,9-10H2,1-2H3/t18-,27?/m1/s1. The second-order valence-corrected chi connectivity index (χ2v) is 9.16. The quantitative estimate of drug-likeness (QED) is 0.277. The van der Waals surface area contributed by atoms with Crippen LogP contribution in [0.2, 0.25) is 0 Å². The van der Waals surface area contributed by atoms with Crippen LogP contribution < -0.4 is 10.1 Å². The van der Waals surface area contributed by atoms with Gasteiger partial charge in [0.2, 0.25) is 0 Å². The molecular formula is C29H29N3O. The molecule has 0 spiro atoms. The highest BCUT2D eigenvalue weighted by Crippen LogP contribution is 2.38. The molecule has 1 unspecified atom stereocenters. The van der Waals surface area contributed by atoms with E-state index in [0.717, 1.165) is 29.8 Å². The number of aryl methyl sites for hydroxylation is 1. The van der Waals surface area contributed by atoms with E-state index in [1.54, 1.807) is 7.11 Å². The number of methoxy groups -OCH3 is 1. The highest BCUT2D eigenvalue weighted by Gasteiger charge is 2.25. The van der Waals surface area contributed by atoms with Crippen molar-refractivity contribution in [2.45, 2.75) is 38.3 Å². The SMILES string of the molecule is COc1ccc2[nH]c(-c3ccc4[nH]c5c(c4c3)CCCC5N[C@H](C)c3ccccc3)cc2c1. The van der Waals surface area contributed by atoms with Crippen LogP contribution in [-0.4, -0.2) is 17.1 Å². The number of benzene rings is 3. The Morgan fingerprint density at radius 3 is 2.64 bits per heavy atom. The zero-order valence-corrected chi connectivity index (χ0v) is 19.1. The minimum atomic E-state index is 0.312. The molecule has 0 radical (unpaired) electrons. The lowest BCUT2D eigenvalue weighted by Gasteiger charge is -2.27. The molecular weight excluding hydrogens is 406 g/mol. The zero-order chi connectivity index (χ0) is 22.4. The van der Waals surface area contributed by atoms with Crippen molar-refractivity contribution in [2.24, 2.45) is 0 Å². The fourth-order valence-electron chi connectivity index (χ4n) is 5.33. The van der Waals surface area contributed by atoms with Crippen LogP contribution in [0, 0.1) is 0 Å². The second-order valence-electron chi connectivity index (χ2n) is 9.16. The molecule has 0 bridgehead atoms. The topological polar surface area (TPSA) is 52.8 Å². The van der Waals surface area contributed by atoms with Crippen molar-refractivity contribution in [1.82, 2.24) is 15.3 Å². The number of H-pyrrole nitrogens is 2. The van der Waals surface area contributed by atoms with E-state index >= 15 is 0 Å². The third kappa shape index (κ3) is 3.61. The van der Waals surface area contributed by atoms with Gasteiger partial charge in [-0.3, -0.25) is 0 Å². The molecule has 2 atom stereocenters. The Kier molecular flexibility index (Phi) is 4.96. The maximum Gasteiger partial charge on any atom is 0.119 e. The molecule has 4 nitrogen and oxygen atoms in total. The summed E-state index contributed by atoms with van der Waals surface area (Å²) in [6.45, 7) is 2.26. The lowest BCUT2D eigenvalue weighted by atomic mass is 9.90. The van der Waals surface area contributed by atoms with E-state index in [-0.39, 0.29) is 0 Å². The van der Waals surface area contributed by atoms with Gasteiger partial charge in [0.15, 0.2) is 0 Å². The Hall–Kier alpha value is -3.50. The van der Waals surface area contributed by atoms with Gasteiger partial charge >= 0.3 is 0 Å². The van der Waals surface area contributed by atoms with E-state index in [1.807, 2.05) is 6.07 Å². The molecule has 3 N–H and O–H groups in total. The van der Waals surface area contributed by atoms with Gasteiger partial charge in [-0.15, -0.1) is 0 Å². The molecule has 5 aromatic rings. The Morgan fingerprint density at radius 1 is 0.939 bits per heavy atom. The molecule has 0 aliphatic heterocycles. The van der Waals surface area contributed by atoms with E-state index in [1.165, 1.54) is 45.1 Å². The number of hydrogen-bond donors (Lipinski definition) is 3. The van der Waals surface area contributed by atoms with Crippen molar-refractivity contribution in [3.8, 4) is 17.0 Å². The third-order valence-electron chi connectivity index (χ3n) is 7.10. The Morgan fingerprint density at radius 2 is 1.79 bits per heavy atom. The lowest BCUT2D eigenvalue weighted by Crippen LogP contribution is -2.27. The number of ether oxygens (including phenoxy) is 1. The van der Waals surface area contributed by atoms with Crippen LogP contribution in [0.5, 0.6) is 5.75 Å². The Balaban J connectivity index is 1.35. The molecule has 33 heavy (non-hydrogen) atoms. The molecule has 6 rings (SSSR count). The Labute approximate surface area is 194 Å². The average Bonchev–Trinajstić information content (AvgIpc) is 3.45. The molecule has 0 saturated heterocycles. The molecule has 4 heteroatoms. The average molecular weight is 436 g/mol. The minimum absolute atomic E-state index is 0.312. The van der Waals surface area contributed by atoms with Gasteiger partial charge in [0.05, 0.1) is 7.11 Å². The van der Waals surface area contributed by atoms with Gasteiger partial charge in [-0.2, -0.15) is 0 Å². The third-order valence-corrected chi connectivity index (χ3v) is 7.10. The number of hydrogen-bond acceptors (Lipinski definition) is 2. The molecule has 2 aromatic heterocycles. The molecule has 166 valence electrons. The van der Waals surface area contributed by atoms with Gasteiger partial charge in [0.1, 0.15) is 5.75 Å². The minimum Gasteiger partial charge on any atom is -0.497 e. The van der Waals surface area contributed by atoms with Crippen LogP contribution in [0.4, 0.5) is 0 Å². The van der Waals surface area contributed by atoms with Gasteiger partial charge in [0.25, 0.3) is 0 Å². The van der Waals surface area contributed by atoms with Crippen molar-refractivity contribution in [3.63, 3.8) is 0 Å². The summed E-state index contributed by atoms with van der Waals surface area (Å²) in [6.07, 6.45) is 3.49. The molecule has 0 amide bonds. The van der Waals surface area contributed by atoms with Crippen molar-refractivity contribution >= 4 is 21.8 Å². The van der Waals surface area contributed by atoms with Crippen LogP contribution >= 0.6 is 0 Å². The van der Waals surface area contributed by atoms with Crippen LogP contribution in [0.1, 0.15) is 48.7 Å². The zero-order valence-electron chi connectivity index (χ0n) is 19.1. The van der Waals surface area contributed by atoms with Gasteiger partial charge in [-0.25, -0.2) is 0 Å². The summed E-state index contributed by atoms with van der Waals surface area (Å²) < 4.78 is 5.39. The molecule has 0 fully saturated rings. The summed E-state index contributed by atoms with van der Waals surface area (Å²) >= 11 is 0. The number of rotatable bonds is 5. The number of fused-ring (bicyclic) bond motifs is 4. The van der Waals surface area contributed by atoms with E-state index in [2.05, 4.69) is 88.9 Å². The molecule has 3 aromatic carbocycles. The number of aromatic nitrogens is 2. The van der Waals surface area contributed by atoms with E-state index in [9.17, 15) is 0 Å². The first kappa shape index (κ1) is 20.1. The molecule has 2 heterocycles. The van der Waals surface area contributed by atoms with Gasteiger partial charge in [-0.1, -0.05) is 36.4 Å². The first-order chi connectivity index (χ1) is 16.2. The summed E-state index contributed by atoms with van der Waals surface area (Å²) in [5, 5.41) is 6.39. The molecule has 0 saturated carbocycles. The van der Waals surface area contributed by atoms with Crippen LogP contribution in [-0.2, 0) is 6.42 Å².